The first kappa shape index (κ1) is 17.9. The highest BCUT2D eigenvalue weighted by molar-refractivity contribution is 4.88. The topological polar surface area (TPSA) is 24.5 Å². The highest BCUT2D eigenvalue weighted by Crippen LogP contribution is 2.31. The maximum absolute atomic E-state index is 5.60. The second-order valence-electron chi connectivity index (χ2n) is 7.02. The molecule has 0 radical (unpaired) electrons. The molecule has 1 rings (SSSR count). The van der Waals surface area contributed by atoms with E-state index in [1.54, 1.807) is 0 Å². The summed E-state index contributed by atoms with van der Waals surface area (Å²) < 4.78 is 5.60. The van der Waals surface area contributed by atoms with Crippen LogP contribution in [-0.4, -0.2) is 50.8 Å². The molecule has 0 aromatic heterocycles. The van der Waals surface area contributed by atoms with Crippen LogP contribution in [0.2, 0.25) is 0 Å². The average Bonchev–Trinajstić information content (AvgIpc) is 2.40. The second kappa shape index (κ2) is 9.01. The summed E-state index contributed by atoms with van der Waals surface area (Å²) in [6, 6.07) is 0.722. The molecule has 0 aliphatic carbocycles. The predicted octanol–water partition coefficient (Wildman–Crippen LogP) is 3.15. The van der Waals surface area contributed by atoms with Crippen LogP contribution in [0.3, 0.4) is 0 Å². The summed E-state index contributed by atoms with van der Waals surface area (Å²) in [6.45, 7) is 14.5. The van der Waals surface area contributed by atoms with Gasteiger partial charge in [-0.2, -0.15) is 0 Å². The highest BCUT2D eigenvalue weighted by atomic mass is 16.5. The van der Waals surface area contributed by atoms with Crippen LogP contribution in [-0.2, 0) is 4.74 Å². The first-order valence-electron chi connectivity index (χ1n) is 8.51. The monoisotopic (exact) mass is 284 g/mol. The maximum Gasteiger partial charge on any atom is 0.0472 e. The Morgan fingerprint density at radius 1 is 1.15 bits per heavy atom. The van der Waals surface area contributed by atoms with Gasteiger partial charge in [-0.1, -0.05) is 27.7 Å². The molecule has 0 unspecified atom stereocenters. The summed E-state index contributed by atoms with van der Waals surface area (Å²) >= 11 is 0. The number of nitrogens with one attached hydrogen (secondary N) is 1. The van der Waals surface area contributed by atoms with Gasteiger partial charge in [-0.05, 0) is 50.6 Å². The van der Waals surface area contributed by atoms with E-state index in [0.717, 1.165) is 38.3 Å². The molecule has 0 aromatic carbocycles. The molecule has 0 saturated carbocycles. The Balaban J connectivity index is 2.58. The van der Waals surface area contributed by atoms with Crippen molar-refractivity contribution in [2.75, 3.05) is 39.9 Å². The van der Waals surface area contributed by atoms with Crippen molar-refractivity contribution < 1.29 is 4.74 Å². The lowest BCUT2D eigenvalue weighted by Crippen LogP contribution is -2.49. The van der Waals surface area contributed by atoms with Gasteiger partial charge in [-0.25, -0.2) is 0 Å². The van der Waals surface area contributed by atoms with Crippen molar-refractivity contribution in [3.05, 3.63) is 0 Å². The zero-order chi connectivity index (χ0) is 15.0. The summed E-state index contributed by atoms with van der Waals surface area (Å²) in [5.41, 5.74) is 0.407. The molecule has 1 aliphatic rings. The third kappa shape index (κ3) is 5.71. The van der Waals surface area contributed by atoms with Crippen molar-refractivity contribution in [2.45, 2.75) is 59.4 Å². The van der Waals surface area contributed by atoms with Gasteiger partial charge in [0.05, 0.1) is 0 Å². The minimum atomic E-state index is 0.407. The van der Waals surface area contributed by atoms with Crippen LogP contribution in [0.5, 0.6) is 0 Å². The number of hydrogen-bond acceptors (Lipinski definition) is 3. The molecular weight excluding hydrogens is 248 g/mol. The lowest BCUT2D eigenvalue weighted by molar-refractivity contribution is -0.00744. The van der Waals surface area contributed by atoms with E-state index in [9.17, 15) is 0 Å². The van der Waals surface area contributed by atoms with Crippen molar-refractivity contribution >= 4 is 0 Å². The van der Waals surface area contributed by atoms with Crippen LogP contribution in [0.1, 0.15) is 53.4 Å². The maximum atomic E-state index is 5.60. The normalized spacial score (nSPS) is 19.2. The van der Waals surface area contributed by atoms with Gasteiger partial charge >= 0.3 is 0 Å². The van der Waals surface area contributed by atoms with Gasteiger partial charge in [0.2, 0.25) is 0 Å². The molecule has 0 spiro atoms. The molecule has 0 aromatic rings. The van der Waals surface area contributed by atoms with E-state index >= 15 is 0 Å². The molecule has 1 fully saturated rings. The number of nitrogens with zero attached hydrogens (tertiary/aromatic N) is 1. The summed E-state index contributed by atoms with van der Waals surface area (Å²) in [5, 5.41) is 3.69. The van der Waals surface area contributed by atoms with E-state index in [1.165, 1.54) is 32.2 Å². The molecule has 1 saturated heterocycles. The minimum Gasteiger partial charge on any atom is -0.381 e. The van der Waals surface area contributed by atoms with E-state index in [4.69, 9.17) is 4.74 Å². The Kier molecular flexibility index (Phi) is 8.08. The van der Waals surface area contributed by atoms with Gasteiger partial charge < -0.3 is 15.0 Å². The van der Waals surface area contributed by atoms with Gasteiger partial charge in [0, 0.05) is 32.3 Å². The summed E-state index contributed by atoms with van der Waals surface area (Å²) in [5.74, 6) is 0.726. The molecule has 3 nitrogen and oxygen atoms in total. The van der Waals surface area contributed by atoms with Crippen molar-refractivity contribution in [3.63, 3.8) is 0 Å². The number of ether oxygens (including phenoxy) is 1. The molecule has 0 amide bonds. The summed E-state index contributed by atoms with van der Waals surface area (Å²) in [7, 11) is 2.30. The lowest BCUT2D eigenvalue weighted by Gasteiger charge is -2.42. The van der Waals surface area contributed by atoms with Gasteiger partial charge in [0.15, 0.2) is 0 Å². The van der Waals surface area contributed by atoms with Gasteiger partial charge in [-0.15, -0.1) is 0 Å². The quantitative estimate of drug-likeness (QED) is 0.704. The largest absolute Gasteiger partial charge is 0.381 e. The predicted molar refractivity (Wildman–Crippen MR) is 87.2 cm³/mol. The van der Waals surface area contributed by atoms with Crippen molar-refractivity contribution in [3.8, 4) is 0 Å². The molecule has 120 valence electrons. The van der Waals surface area contributed by atoms with Crippen LogP contribution in [0.25, 0.3) is 0 Å². The van der Waals surface area contributed by atoms with E-state index in [-0.39, 0.29) is 0 Å². The number of rotatable bonds is 9. The SMILES string of the molecule is CCC(CC)N(C)CC1(CNCC(C)C)CCOCC1. The highest BCUT2D eigenvalue weighted by Gasteiger charge is 2.34. The van der Waals surface area contributed by atoms with E-state index < -0.39 is 0 Å². The van der Waals surface area contributed by atoms with E-state index in [2.05, 4.69) is 45.0 Å². The fourth-order valence-corrected chi connectivity index (χ4v) is 3.39. The Hall–Kier alpha value is -0.120. The fraction of sp³-hybridized carbons (Fsp3) is 1.00. The first-order valence-corrected chi connectivity index (χ1v) is 8.51. The van der Waals surface area contributed by atoms with Crippen molar-refractivity contribution in [1.82, 2.24) is 10.2 Å². The zero-order valence-corrected chi connectivity index (χ0v) is 14.4. The van der Waals surface area contributed by atoms with Crippen LogP contribution >= 0.6 is 0 Å². The van der Waals surface area contributed by atoms with Crippen LogP contribution in [0, 0.1) is 11.3 Å². The zero-order valence-electron chi connectivity index (χ0n) is 14.4. The third-order valence-corrected chi connectivity index (χ3v) is 4.76. The third-order valence-electron chi connectivity index (χ3n) is 4.76. The molecule has 20 heavy (non-hydrogen) atoms. The average molecular weight is 284 g/mol. The van der Waals surface area contributed by atoms with Gasteiger partial charge in [-0.3, -0.25) is 0 Å². The lowest BCUT2D eigenvalue weighted by atomic mass is 9.79. The molecule has 1 heterocycles. The molecule has 3 heteroatoms. The minimum absolute atomic E-state index is 0.407. The fourth-order valence-electron chi connectivity index (χ4n) is 3.39. The standard InChI is InChI=1S/C17H36N2O/c1-6-16(7-2)19(5)14-17(8-10-20-11-9-17)13-18-12-15(3)4/h15-16,18H,6-14H2,1-5H3. The molecule has 1 N–H and O–H groups in total. The number of hydrogen-bond donors (Lipinski definition) is 1. The van der Waals surface area contributed by atoms with E-state index in [1.807, 2.05) is 0 Å². The Bertz CT molecular complexity index is 245. The summed E-state index contributed by atoms with van der Waals surface area (Å²) in [6.07, 6.45) is 4.89. The van der Waals surface area contributed by atoms with Gasteiger partial charge in [0.25, 0.3) is 0 Å². The summed E-state index contributed by atoms with van der Waals surface area (Å²) in [4.78, 5) is 2.59. The molecule has 0 bridgehead atoms. The smallest absolute Gasteiger partial charge is 0.0472 e. The van der Waals surface area contributed by atoms with Crippen LogP contribution in [0.4, 0.5) is 0 Å². The Labute approximate surface area is 126 Å². The molecule has 1 aliphatic heterocycles. The van der Waals surface area contributed by atoms with Crippen LogP contribution in [0.15, 0.2) is 0 Å². The van der Waals surface area contributed by atoms with Gasteiger partial charge in [0.1, 0.15) is 0 Å². The molecular formula is C17H36N2O. The van der Waals surface area contributed by atoms with E-state index in [0.29, 0.717) is 5.41 Å². The Morgan fingerprint density at radius 3 is 2.25 bits per heavy atom. The van der Waals surface area contributed by atoms with Crippen molar-refractivity contribution in [2.24, 2.45) is 11.3 Å². The second-order valence-corrected chi connectivity index (χ2v) is 7.02. The molecule has 0 atom stereocenters. The Morgan fingerprint density at radius 2 is 1.75 bits per heavy atom. The van der Waals surface area contributed by atoms with Crippen molar-refractivity contribution in [1.29, 1.82) is 0 Å². The first-order chi connectivity index (χ1) is 9.53. The van der Waals surface area contributed by atoms with Crippen LogP contribution < -0.4 is 5.32 Å².